The molecule has 178 valence electrons. The first-order valence-electron chi connectivity index (χ1n) is 10.4. The molecule has 1 aromatic carbocycles. The molecule has 2 atom stereocenters. The van der Waals surface area contributed by atoms with E-state index in [1.54, 1.807) is 59.9 Å². The summed E-state index contributed by atoms with van der Waals surface area (Å²) in [6.45, 7) is 0. The van der Waals surface area contributed by atoms with Gasteiger partial charge in [0.2, 0.25) is 5.91 Å². The van der Waals surface area contributed by atoms with Crippen molar-refractivity contribution in [2.24, 2.45) is 0 Å². The maximum atomic E-state index is 13.0. The van der Waals surface area contributed by atoms with Gasteiger partial charge in [-0.3, -0.25) is 9.35 Å². The van der Waals surface area contributed by atoms with Crippen molar-refractivity contribution in [3.63, 3.8) is 0 Å². The number of hydrogen-bond donors (Lipinski definition) is 3. The van der Waals surface area contributed by atoms with Crippen molar-refractivity contribution in [3.05, 3.63) is 87.7 Å². The van der Waals surface area contributed by atoms with Crippen molar-refractivity contribution < 1.29 is 17.8 Å². The Morgan fingerprint density at radius 3 is 2.74 bits per heavy atom. The Labute approximate surface area is 211 Å². The number of allylic oxidation sites excluding steroid dienone is 2. The number of thiazole rings is 1. The van der Waals surface area contributed by atoms with E-state index < -0.39 is 21.9 Å². The molecule has 1 unspecified atom stereocenters. The number of carbonyl (C=O) groups is 1. The number of aromatic nitrogens is 1. The van der Waals surface area contributed by atoms with Gasteiger partial charge in [0.1, 0.15) is 5.01 Å². The van der Waals surface area contributed by atoms with Gasteiger partial charge in [0.15, 0.2) is 0 Å². The van der Waals surface area contributed by atoms with Gasteiger partial charge in [-0.25, -0.2) is 4.98 Å². The number of benzene rings is 1. The Morgan fingerprint density at radius 2 is 2.00 bits per heavy atom. The van der Waals surface area contributed by atoms with E-state index in [0.29, 0.717) is 23.4 Å². The van der Waals surface area contributed by atoms with E-state index in [1.165, 1.54) is 11.3 Å². The number of thiophene rings is 1. The summed E-state index contributed by atoms with van der Waals surface area (Å²) in [5, 5.41) is 8.33. The molecular formula is C23H22ClN3O4S3. The summed E-state index contributed by atoms with van der Waals surface area (Å²) < 4.78 is 35.0. The number of nitrogens with one attached hydrogen (secondary N) is 2. The maximum absolute atomic E-state index is 13.0. The monoisotopic (exact) mass is 535 g/mol. The number of aryl methyl sites for hydroxylation is 1. The quantitative estimate of drug-likeness (QED) is 0.351. The predicted octanol–water partition coefficient (Wildman–Crippen LogP) is 4.44. The lowest BCUT2D eigenvalue weighted by molar-refractivity contribution is -0.122. The second kappa shape index (κ2) is 10.5. The Morgan fingerprint density at radius 1 is 1.18 bits per heavy atom. The summed E-state index contributed by atoms with van der Waals surface area (Å²) in [6, 6.07) is 10.1. The molecule has 1 aliphatic carbocycles. The van der Waals surface area contributed by atoms with Crippen LogP contribution in [0.15, 0.2) is 71.5 Å². The first kappa shape index (κ1) is 24.8. The summed E-state index contributed by atoms with van der Waals surface area (Å²) in [6.07, 6.45) is 7.61. The van der Waals surface area contributed by atoms with E-state index in [-0.39, 0.29) is 12.3 Å². The van der Waals surface area contributed by atoms with Crippen LogP contribution in [0.2, 0.25) is 5.02 Å². The fourth-order valence-electron chi connectivity index (χ4n) is 3.79. The Hall–Kier alpha value is -2.34. The molecule has 3 N–H and O–H groups in total. The summed E-state index contributed by atoms with van der Waals surface area (Å²) >= 11 is 9.35. The summed E-state index contributed by atoms with van der Waals surface area (Å²) in [4.78, 5) is 18.8. The zero-order valence-corrected chi connectivity index (χ0v) is 21.1. The molecule has 0 saturated carbocycles. The maximum Gasteiger partial charge on any atom is 0.333 e. The molecule has 3 aromatic rings. The lowest BCUT2D eigenvalue weighted by Crippen LogP contribution is -2.61. The van der Waals surface area contributed by atoms with Crippen molar-refractivity contribution in [2.75, 3.05) is 0 Å². The van der Waals surface area contributed by atoms with Gasteiger partial charge in [-0.1, -0.05) is 60.2 Å². The molecule has 0 spiro atoms. The highest BCUT2D eigenvalue weighted by molar-refractivity contribution is 7.83. The zero-order chi connectivity index (χ0) is 24.2. The molecule has 7 nitrogen and oxygen atoms in total. The highest BCUT2D eigenvalue weighted by Gasteiger charge is 2.39. The average Bonchev–Trinajstić information content (AvgIpc) is 3.46. The second-order valence-corrected chi connectivity index (χ2v) is 11.2. The standard InChI is InChI=1S/C23H22ClN3O4S3/c24-18-7-2-1-6-16(18)14-21(28)26-23(11-4-3-9-20(23)27-34(29,30)31)12-10-17-15-33-22(25-17)19-8-5-13-32-19/h1-9,11,13,15,20,27H,10,12,14H2,(H,26,28)(H,29,30,31)/t20-,23?/m0/s1. The van der Waals surface area contributed by atoms with E-state index in [1.807, 2.05) is 22.9 Å². The van der Waals surface area contributed by atoms with Gasteiger partial charge in [-0.2, -0.15) is 13.1 Å². The van der Waals surface area contributed by atoms with Crippen LogP contribution >= 0.6 is 34.3 Å². The second-order valence-electron chi connectivity index (χ2n) is 7.79. The summed E-state index contributed by atoms with van der Waals surface area (Å²) in [5.41, 5.74) is 0.378. The minimum absolute atomic E-state index is 0.0246. The number of carbonyl (C=O) groups excluding carboxylic acids is 1. The van der Waals surface area contributed by atoms with Crippen molar-refractivity contribution in [2.45, 2.75) is 30.8 Å². The SMILES string of the molecule is O=C(Cc1ccccc1Cl)NC1(CCc2csc(-c3cccs3)n2)C=CC=C[C@@H]1NS(=O)(=O)O. The van der Waals surface area contributed by atoms with Crippen LogP contribution in [0.3, 0.4) is 0 Å². The molecule has 0 saturated heterocycles. The lowest BCUT2D eigenvalue weighted by atomic mass is 9.82. The predicted molar refractivity (Wildman–Crippen MR) is 137 cm³/mol. The Kier molecular flexibility index (Phi) is 7.66. The highest BCUT2D eigenvalue weighted by atomic mass is 35.5. The minimum Gasteiger partial charge on any atom is -0.345 e. The number of nitrogens with zero attached hydrogens (tertiary/aromatic N) is 1. The molecule has 0 fully saturated rings. The smallest absolute Gasteiger partial charge is 0.333 e. The fourth-order valence-corrected chi connectivity index (χ4v) is 6.27. The molecule has 1 amide bonds. The van der Waals surface area contributed by atoms with Gasteiger partial charge in [0, 0.05) is 10.4 Å². The summed E-state index contributed by atoms with van der Waals surface area (Å²) in [7, 11) is -4.52. The molecule has 2 heterocycles. The zero-order valence-electron chi connectivity index (χ0n) is 17.8. The molecule has 11 heteroatoms. The average molecular weight is 536 g/mol. The van der Waals surface area contributed by atoms with Gasteiger partial charge in [-0.05, 0) is 35.9 Å². The number of halogens is 1. The third kappa shape index (κ3) is 6.21. The van der Waals surface area contributed by atoms with Crippen molar-refractivity contribution in [1.29, 1.82) is 0 Å². The van der Waals surface area contributed by atoms with Gasteiger partial charge in [0.05, 0.1) is 28.6 Å². The fraction of sp³-hybridized carbons (Fsp3) is 0.217. The molecule has 0 radical (unpaired) electrons. The van der Waals surface area contributed by atoms with Crippen molar-refractivity contribution in [1.82, 2.24) is 15.0 Å². The van der Waals surface area contributed by atoms with Crippen LogP contribution in [0.25, 0.3) is 9.88 Å². The normalized spacial score (nSPS) is 19.9. The molecule has 1 aliphatic rings. The molecule has 4 rings (SSSR count). The number of rotatable bonds is 9. The van der Waals surface area contributed by atoms with Gasteiger partial charge >= 0.3 is 10.3 Å². The first-order valence-corrected chi connectivity index (χ1v) is 14.0. The van der Waals surface area contributed by atoms with Crippen LogP contribution in [0.4, 0.5) is 0 Å². The topological polar surface area (TPSA) is 108 Å². The largest absolute Gasteiger partial charge is 0.345 e. The third-order valence-corrected chi connectivity index (χ3v) is 8.25. The van der Waals surface area contributed by atoms with E-state index in [2.05, 4.69) is 10.0 Å². The number of hydrogen-bond acceptors (Lipinski definition) is 6. The molecule has 0 aliphatic heterocycles. The van der Waals surface area contributed by atoms with Crippen molar-refractivity contribution >= 4 is 50.5 Å². The lowest BCUT2D eigenvalue weighted by Gasteiger charge is -2.39. The molecule has 0 bridgehead atoms. The van der Waals surface area contributed by atoms with Gasteiger partial charge < -0.3 is 5.32 Å². The van der Waals surface area contributed by atoms with Crippen LogP contribution in [0.1, 0.15) is 17.7 Å². The Balaban J connectivity index is 1.57. The van der Waals surface area contributed by atoms with Crippen LogP contribution < -0.4 is 10.0 Å². The first-order chi connectivity index (χ1) is 16.2. The molecule has 34 heavy (non-hydrogen) atoms. The Bertz CT molecular complexity index is 1320. The van der Waals surface area contributed by atoms with Gasteiger partial charge in [-0.15, -0.1) is 22.7 Å². The van der Waals surface area contributed by atoms with Crippen LogP contribution in [0, 0.1) is 0 Å². The molecular weight excluding hydrogens is 514 g/mol. The molecule has 2 aromatic heterocycles. The van der Waals surface area contributed by atoms with Crippen LogP contribution in [-0.2, 0) is 27.9 Å². The third-order valence-electron chi connectivity index (χ3n) is 5.40. The van der Waals surface area contributed by atoms with E-state index >= 15 is 0 Å². The van der Waals surface area contributed by atoms with E-state index in [0.717, 1.165) is 15.6 Å². The summed E-state index contributed by atoms with van der Waals surface area (Å²) in [5.74, 6) is -0.326. The van der Waals surface area contributed by atoms with Crippen LogP contribution in [0.5, 0.6) is 0 Å². The van der Waals surface area contributed by atoms with E-state index in [4.69, 9.17) is 16.6 Å². The minimum atomic E-state index is -4.52. The van der Waals surface area contributed by atoms with E-state index in [9.17, 15) is 17.8 Å². The highest BCUT2D eigenvalue weighted by Crippen LogP contribution is 2.30. The van der Waals surface area contributed by atoms with Crippen LogP contribution in [-0.4, -0.2) is 35.4 Å². The van der Waals surface area contributed by atoms with Gasteiger partial charge in [0.25, 0.3) is 0 Å². The van der Waals surface area contributed by atoms with Crippen molar-refractivity contribution in [3.8, 4) is 9.88 Å². The number of amides is 1.